The zero-order valence-corrected chi connectivity index (χ0v) is 9.82. The molecular formula is C12H18N2O. The first-order chi connectivity index (χ1) is 7.27. The van der Waals surface area contributed by atoms with E-state index in [0.29, 0.717) is 12.3 Å². The highest BCUT2D eigenvalue weighted by molar-refractivity contribution is 5.21. The van der Waals surface area contributed by atoms with Crippen molar-refractivity contribution in [2.45, 2.75) is 33.1 Å². The molecule has 0 aliphatic carbocycles. The summed E-state index contributed by atoms with van der Waals surface area (Å²) in [5.74, 6) is 0.844. The number of rotatable bonds is 3. The minimum atomic E-state index is 0.239. The highest BCUT2D eigenvalue weighted by Crippen LogP contribution is 2.18. The van der Waals surface area contributed by atoms with Gasteiger partial charge in [-0.3, -0.25) is 0 Å². The van der Waals surface area contributed by atoms with Crippen LogP contribution in [-0.4, -0.2) is 12.1 Å². The smallest absolute Gasteiger partial charge is 0.212 e. The molecule has 0 N–H and O–H groups in total. The molecule has 1 atom stereocenters. The third-order valence-electron chi connectivity index (χ3n) is 1.93. The molecule has 0 aliphatic heterocycles. The number of methoxy groups -OCH3 is 1. The molecule has 0 radical (unpaired) electrons. The summed E-state index contributed by atoms with van der Waals surface area (Å²) in [7, 11) is 1.58. The van der Waals surface area contributed by atoms with E-state index in [1.165, 1.54) is 0 Å². The first-order valence-electron chi connectivity index (χ1n) is 5.14. The number of nitriles is 1. The predicted molar refractivity (Wildman–Crippen MR) is 60.8 cm³/mol. The van der Waals surface area contributed by atoms with Crippen LogP contribution in [0.4, 0.5) is 0 Å². The van der Waals surface area contributed by atoms with Crippen molar-refractivity contribution >= 4 is 0 Å². The molecule has 0 aliphatic rings. The van der Waals surface area contributed by atoms with Crippen LogP contribution in [0.15, 0.2) is 18.3 Å². The van der Waals surface area contributed by atoms with Crippen molar-refractivity contribution in [3.8, 4) is 11.9 Å². The Hall–Kier alpha value is -1.56. The summed E-state index contributed by atoms with van der Waals surface area (Å²) in [6.07, 6.45) is 2.27. The Morgan fingerprint density at radius 3 is 2.53 bits per heavy atom. The number of hydrogen-bond acceptors (Lipinski definition) is 3. The maximum absolute atomic E-state index is 8.50. The number of aromatic nitrogens is 1. The van der Waals surface area contributed by atoms with Gasteiger partial charge in [0.2, 0.25) is 5.88 Å². The van der Waals surface area contributed by atoms with Crippen molar-refractivity contribution in [1.29, 1.82) is 5.26 Å². The van der Waals surface area contributed by atoms with Crippen molar-refractivity contribution in [2.24, 2.45) is 0 Å². The molecule has 0 bridgehead atoms. The molecule has 1 rings (SSSR count). The maximum atomic E-state index is 8.50. The van der Waals surface area contributed by atoms with Crippen molar-refractivity contribution in [2.75, 3.05) is 7.11 Å². The number of hydrogen-bond donors (Lipinski definition) is 0. The van der Waals surface area contributed by atoms with E-state index in [1.807, 2.05) is 32.9 Å². The molecule has 82 valence electrons. The van der Waals surface area contributed by atoms with E-state index in [2.05, 4.69) is 11.1 Å². The highest BCUT2D eigenvalue weighted by Gasteiger charge is 2.04. The Labute approximate surface area is 91.7 Å². The van der Waals surface area contributed by atoms with Crippen LogP contribution in [-0.2, 0) is 0 Å². The third kappa shape index (κ3) is 4.46. The number of ether oxygens (including phenoxy) is 1. The monoisotopic (exact) mass is 206 g/mol. The van der Waals surface area contributed by atoms with Crippen LogP contribution in [0.5, 0.6) is 5.88 Å². The van der Waals surface area contributed by atoms with Crippen molar-refractivity contribution < 1.29 is 4.74 Å². The van der Waals surface area contributed by atoms with Gasteiger partial charge in [0.05, 0.1) is 13.2 Å². The Kier molecular flexibility index (Phi) is 7.00. The second-order valence-corrected chi connectivity index (χ2v) is 2.90. The number of pyridine rings is 1. The zero-order valence-electron chi connectivity index (χ0n) is 9.82. The average molecular weight is 206 g/mol. The molecule has 3 heteroatoms. The predicted octanol–water partition coefficient (Wildman–Crippen LogP) is 3.13. The molecule has 0 fully saturated rings. The van der Waals surface area contributed by atoms with Gasteiger partial charge in [0.1, 0.15) is 0 Å². The fraction of sp³-hybridized carbons (Fsp3) is 0.500. The summed E-state index contributed by atoms with van der Waals surface area (Å²) in [6.45, 7) is 6.01. The van der Waals surface area contributed by atoms with E-state index in [9.17, 15) is 0 Å². The molecule has 0 amide bonds. The van der Waals surface area contributed by atoms with Crippen LogP contribution >= 0.6 is 0 Å². The fourth-order valence-electron chi connectivity index (χ4n) is 1.06. The lowest BCUT2D eigenvalue weighted by atomic mass is 10.0. The Morgan fingerprint density at radius 2 is 2.13 bits per heavy atom. The van der Waals surface area contributed by atoms with Gasteiger partial charge < -0.3 is 4.74 Å². The normalized spacial score (nSPS) is 10.6. The highest BCUT2D eigenvalue weighted by atomic mass is 16.5. The summed E-state index contributed by atoms with van der Waals surface area (Å²) >= 11 is 0. The molecule has 1 aromatic rings. The van der Waals surface area contributed by atoms with E-state index in [-0.39, 0.29) is 5.92 Å². The van der Waals surface area contributed by atoms with E-state index in [4.69, 9.17) is 10.00 Å². The van der Waals surface area contributed by atoms with Gasteiger partial charge >= 0.3 is 0 Å². The van der Waals surface area contributed by atoms with Crippen LogP contribution in [0.25, 0.3) is 0 Å². The second-order valence-electron chi connectivity index (χ2n) is 2.90. The fourth-order valence-corrected chi connectivity index (χ4v) is 1.06. The van der Waals surface area contributed by atoms with Gasteiger partial charge in [-0.1, -0.05) is 26.8 Å². The minimum absolute atomic E-state index is 0.239. The van der Waals surface area contributed by atoms with Gasteiger partial charge in [0.15, 0.2) is 0 Å². The molecule has 15 heavy (non-hydrogen) atoms. The lowest BCUT2D eigenvalue weighted by Crippen LogP contribution is -1.94. The van der Waals surface area contributed by atoms with E-state index in [1.54, 1.807) is 13.3 Å². The Balaban J connectivity index is 0.000000921. The molecule has 1 unspecified atom stereocenters. The average Bonchev–Trinajstić information content (AvgIpc) is 2.32. The van der Waals surface area contributed by atoms with E-state index < -0.39 is 0 Å². The Morgan fingerprint density at radius 1 is 1.47 bits per heavy atom. The van der Waals surface area contributed by atoms with Gasteiger partial charge in [-0.2, -0.15) is 5.26 Å². The van der Waals surface area contributed by atoms with Crippen LogP contribution in [0.3, 0.4) is 0 Å². The Bertz CT molecular complexity index is 300. The van der Waals surface area contributed by atoms with E-state index in [0.717, 1.165) is 5.56 Å². The van der Waals surface area contributed by atoms with Gasteiger partial charge in [-0.15, -0.1) is 0 Å². The lowest BCUT2D eigenvalue weighted by molar-refractivity contribution is 0.397. The van der Waals surface area contributed by atoms with Crippen molar-refractivity contribution in [1.82, 2.24) is 4.98 Å². The first kappa shape index (κ1) is 13.4. The zero-order chi connectivity index (χ0) is 11.7. The van der Waals surface area contributed by atoms with Gasteiger partial charge in [-0.05, 0) is 11.5 Å². The molecule has 0 aromatic carbocycles. The largest absolute Gasteiger partial charge is 0.481 e. The summed E-state index contributed by atoms with van der Waals surface area (Å²) < 4.78 is 4.93. The second kappa shape index (κ2) is 7.81. The quantitative estimate of drug-likeness (QED) is 0.763. The lowest BCUT2D eigenvalue weighted by Gasteiger charge is -2.06. The first-order valence-corrected chi connectivity index (χ1v) is 5.14. The minimum Gasteiger partial charge on any atom is -0.481 e. The van der Waals surface area contributed by atoms with Crippen LogP contribution < -0.4 is 4.74 Å². The topological polar surface area (TPSA) is 45.9 Å². The van der Waals surface area contributed by atoms with Crippen LogP contribution in [0, 0.1) is 11.3 Å². The van der Waals surface area contributed by atoms with Gasteiger partial charge in [0.25, 0.3) is 0 Å². The molecule has 1 heterocycles. The summed E-state index contributed by atoms with van der Waals surface area (Å²) in [4.78, 5) is 4.07. The molecule has 0 saturated heterocycles. The molecule has 0 spiro atoms. The van der Waals surface area contributed by atoms with Gasteiger partial charge in [0, 0.05) is 18.7 Å². The number of nitrogens with zero attached hydrogens (tertiary/aromatic N) is 2. The standard InChI is InChI=1S/C10H12N2O.C2H6/c1-8(5-6-11)9-3-4-10(13-2)12-7-9;1-2/h3-4,7-8H,5H2,1-2H3;1-2H3. The van der Waals surface area contributed by atoms with Gasteiger partial charge in [-0.25, -0.2) is 4.98 Å². The van der Waals surface area contributed by atoms with E-state index >= 15 is 0 Å². The van der Waals surface area contributed by atoms with Crippen molar-refractivity contribution in [3.63, 3.8) is 0 Å². The summed E-state index contributed by atoms with van der Waals surface area (Å²) in [5, 5.41) is 8.50. The summed E-state index contributed by atoms with van der Waals surface area (Å²) in [5.41, 5.74) is 1.07. The van der Waals surface area contributed by atoms with Crippen LogP contribution in [0.1, 0.15) is 38.7 Å². The maximum Gasteiger partial charge on any atom is 0.212 e. The SMILES string of the molecule is CC.COc1ccc(C(C)CC#N)cn1. The third-order valence-corrected chi connectivity index (χ3v) is 1.93. The molecular weight excluding hydrogens is 188 g/mol. The molecule has 1 aromatic heterocycles. The van der Waals surface area contributed by atoms with Crippen LogP contribution in [0.2, 0.25) is 0 Å². The summed E-state index contributed by atoms with van der Waals surface area (Å²) in [6, 6.07) is 5.88. The van der Waals surface area contributed by atoms with Crippen molar-refractivity contribution in [3.05, 3.63) is 23.9 Å². The molecule has 3 nitrogen and oxygen atoms in total. The molecule has 0 saturated carbocycles.